The highest BCUT2D eigenvalue weighted by Gasteiger charge is 2.47. The highest BCUT2D eigenvalue weighted by Crippen LogP contribution is 2.49. The Morgan fingerprint density at radius 3 is 2.95 bits per heavy atom. The average molecular weight is 290 g/mol. The molecule has 0 saturated heterocycles. The maximum Gasteiger partial charge on any atom is 0.248 e. The van der Waals surface area contributed by atoms with Crippen molar-refractivity contribution in [3.63, 3.8) is 0 Å². The van der Waals surface area contributed by atoms with Gasteiger partial charge in [-0.2, -0.15) is 0 Å². The Hall–Kier alpha value is -1.75. The van der Waals surface area contributed by atoms with Gasteiger partial charge in [-0.05, 0) is 12.0 Å². The maximum absolute atomic E-state index is 13.8. The first kappa shape index (κ1) is 13.0. The topological polar surface area (TPSA) is 38.1 Å². The van der Waals surface area contributed by atoms with E-state index in [-0.39, 0.29) is 25.3 Å². The summed E-state index contributed by atoms with van der Waals surface area (Å²) in [4.78, 5) is 4.14. The summed E-state index contributed by atoms with van der Waals surface area (Å²) in [6.07, 6.45) is 2.39. The van der Waals surface area contributed by atoms with Crippen LogP contribution in [0.25, 0.3) is 11.3 Å². The van der Waals surface area contributed by atoms with Crippen molar-refractivity contribution >= 4 is 0 Å². The van der Waals surface area contributed by atoms with E-state index in [4.69, 9.17) is 0 Å². The van der Waals surface area contributed by atoms with E-state index in [9.17, 15) is 13.9 Å². The molecule has 4 rings (SSSR count). The Kier molecular flexibility index (Phi) is 2.70. The Balaban J connectivity index is 1.82. The van der Waals surface area contributed by atoms with E-state index in [1.165, 1.54) is 0 Å². The van der Waals surface area contributed by atoms with E-state index in [1.54, 1.807) is 12.5 Å². The van der Waals surface area contributed by atoms with Gasteiger partial charge in [-0.3, -0.25) is 0 Å². The van der Waals surface area contributed by atoms with Gasteiger partial charge in [-0.1, -0.05) is 24.3 Å². The van der Waals surface area contributed by atoms with E-state index in [0.717, 1.165) is 16.8 Å². The molecule has 0 spiro atoms. The van der Waals surface area contributed by atoms with Crippen molar-refractivity contribution in [2.45, 2.75) is 37.3 Å². The van der Waals surface area contributed by atoms with Gasteiger partial charge in [0, 0.05) is 24.3 Å². The van der Waals surface area contributed by atoms with Crippen LogP contribution in [-0.2, 0) is 0 Å². The molecule has 0 amide bonds. The van der Waals surface area contributed by atoms with Crippen molar-refractivity contribution in [1.29, 1.82) is 0 Å². The lowest BCUT2D eigenvalue weighted by molar-refractivity contribution is -0.0990. The summed E-state index contributed by atoms with van der Waals surface area (Å²) in [6.45, 7) is 0. The molecule has 1 saturated carbocycles. The molecule has 2 aliphatic rings. The van der Waals surface area contributed by atoms with Gasteiger partial charge in [0.15, 0.2) is 0 Å². The van der Waals surface area contributed by atoms with E-state index in [2.05, 4.69) is 4.98 Å². The van der Waals surface area contributed by atoms with Crippen molar-refractivity contribution in [3.05, 3.63) is 42.4 Å². The fourth-order valence-electron chi connectivity index (χ4n) is 3.79. The summed E-state index contributed by atoms with van der Waals surface area (Å²) in [6, 6.07) is 7.55. The zero-order valence-electron chi connectivity index (χ0n) is 11.4. The number of imidazole rings is 1. The molecule has 1 fully saturated rings. The third-order valence-corrected chi connectivity index (χ3v) is 4.76. The SMILES string of the molecule is O[C@H]1CCC(F)(F)C[C@H]1C1c2ccccc2-c2cncn21. The van der Waals surface area contributed by atoms with Crippen molar-refractivity contribution in [2.75, 3.05) is 0 Å². The molecule has 2 aromatic rings. The van der Waals surface area contributed by atoms with Crippen LogP contribution in [0.1, 0.15) is 30.9 Å². The van der Waals surface area contributed by atoms with Crippen LogP contribution in [-0.4, -0.2) is 26.7 Å². The maximum atomic E-state index is 13.8. The predicted octanol–water partition coefficient (Wildman–Crippen LogP) is 3.25. The Labute approximate surface area is 121 Å². The van der Waals surface area contributed by atoms with Gasteiger partial charge < -0.3 is 9.67 Å². The largest absolute Gasteiger partial charge is 0.393 e. The molecule has 1 N–H and O–H groups in total. The van der Waals surface area contributed by atoms with Crippen molar-refractivity contribution < 1.29 is 13.9 Å². The third-order valence-electron chi connectivity index (χ3n) is 4.76. The second-order valence-corrected chi connectivity index (χ2v) is 6.05. The fourth-order valence-corrected chi connectivity index (χ4v) is 3.79. The minimum absolute atomic E-state index is 0.153. The van der Waals surface area contributed by atoms with Crippen LogP contribution in [0.3, 0.4) is 0 Å². The van der Waals surface area contributed by atoms with Gasteiger partial charge in [0.05, 0.1) is 30.4 Å². The van der Waals surface area contributed by atoms with Gasteiger partial charge in [-0.15, -0.1) is 0 Å². The number of aromatic nitrogens is 2. The highest BCUT2D eigenvalue weighted by molar-refractivity contribution is 5.69. The second kappa shape index (κ2) is 4.37. The summed E-state index contributed by atoms with van der Waals surface area (Å²) >= 11 is 0. The van der Waals surface area contributed by atoms with Crippen LogP contribution in [0.4, 0.5) is 8.78 Å². The van der Waals surface area contributed by atoms with Gasteiger partial charge in [0.25, 0.3) is 0 Å². The number of hydrogen-bond donors (Lipinski definition) is 1. The van der Waals surface area contributed by atoms with Crippen LogP contribution < -0.4 is 0 Å². The molecule has 1 aromatic heterocycles. The molecular weight excluding hydrogens is 274 g/mol. The number of hydrogen-bond acceptors (Lipinski definition) is 2. The Bertz CT molecular complexity index is 682. The van der Waals surface area contributed by atoms with E-state index in [0.29, 0.717) is 0 Å². The van der Waals surface area contributed by atoms with Crippen molar-refractivity contribution in [3.8, 4) is 11.3 Å². The molecule has 2 heterocycles. The number of alkyl halides is 2. The quantitative estimate of drug-likeness (QED) is 0.875. The summed E-state index contributed by atoms with van der Waals surface area (Å²) in [5, 5.41) is 10.3. The average Bonchev–Trinajstić information content (AvgIpc) is 3.02. The molecule has 1 unspecified atom stereocenters. The van der Waals surface area contributed by atoms with Crippen LogP contribution in [0.5, 0.6) is 0 Å². The zero-order valence-corrected chi connectivity index (χ0v) is 11.4. The lowest BCUT2D eigenvalue weighted by Gasteiger charge is -2.37. The van der Waals surface area contributed by atoms with E-state index >= 15 is 0 Å². The van der Waals surface area contributed by atoms with Gasteiger partial charge in [0.2, 0.25) is 5.92 Å². The molecular formula is C16H16F2N2O. The van der Waals surface area contributed by atoms with E-state index < -0.39 is 17.9 Å². The monoisotopic (exact) mass is 290 g/mol. The molecule has 5 heteroatoms. The van der Waals surface area contributed by atoms with Crippen LogP contribution >= 0.6 is 0 Å². The lowest BCUT2D eigenvalue weighted by Crippen LogP contribution is -2.40. The lowest BCUT2D eigenvalue weighted by atomic mass is 9.77. The number of fused-ring (bicyclic) bond motifs is 3. The molecule has 3 atom stereocenters. The normalized spacial score (nSPS) is 30.0. The number of aliphatic hydroxyl groups is 1. The van der Waals surface area contributed by atoms with Gasteiger partial charge in [-0.25, -0.2) is 13.8 Å². The molecule has 3 nitrogen and oxygen atoms in total. The van der Waals surface area contributed by atoms with Gasteiger partial charge in [0.1, 0.15) is 0 Å². The molecule has 0 bridgehead atoms. The van der Waals surface area contributed by atoms with Crippen molar-refractivity contribution in [2.24, 2.45) is 5.92 Å². The summed E-state index contributed by atoms with van der Waals surface area (Å²) in [5.74, 6) is -3.17. The molecule has 1 aliphatic carbocycles. The van der Waals surface area contributed by atoms with Crippen LogP contribution in [0.2, 0.25) is 0 Å². The summed E-state index contributed by atoms with van der Waals surface area (Å²) < 4.78 is 29.6. The Morgan fingerprint density at radius 1 is 1.29 bits per heavy atom. The first-order chi connectivity index (χ1) is 10.1. The fraction of sp³-hybridized carbons (Fsp3) is 0.438. The minimum atomic E-state index is -2.69. The number of nitrogens with zero attached hydrogens (tertiary/aromatic N) is 2. The van der Waals surface area contributed by atoms with Crippen LogP contribution in [0.15, 0.2) is 36.8 Å². The molecule has 1 aromatic carbocycles. The van der Waals surface area contributed by atoms with Gasteiger partial charge >= 0.3 is 0 Å². The summed E-state index contributed by atoms with van der Waals surface area (Å²) in [5.41, 5.74) is 2.98. The minimum Gasteiger partial charge on any atom is -0.393 e. The molecule has 21 heavy (non-hydrogen) atoms. The van der Waals surface area contributed by atoms with Crippen molar-refractivity contribution in [1.82, 2.24) is 9.55 Å². The first-order valence-corrected chi connectivity index (χ1v) is 7.24. The smallest absolute Gasteiger partial charge is 0.248 e. The predicted molar refractivity (Wildman–Crippen MR) is 74.1 cm³/mol. The highest BCUT2D eigenvalue weighted by atomic mass is 19.3. The van der Waals surface area contributed by atoms with E-state index in [1.807, 2.05) is 28.8 Å². The standard InChI is InChI=1S/C16H16F2N2O/c17-16(18)6-5-14(21)12(7-16)15-11-4-2-1-3-10(11)13-8-19-9-20(13)15/h1-4,8-9,12,14-15,21H,5-7H2/t12-,14+,15?/m1/s1. The summed E-state index contributed by atoms with van der Waals surface area (Å²) in [7, 11) is 0. The number of halogens is 2. The van der Waals surface area contributed by atoms with Crippen LogP contribution in [0, 0.1) is 5.92 Å². The second-order valence-electron chi connectivity index (χ2n) is 6.05. The first-order valence-electron chi connectivity index (χ1n) is 7.24. The zero-order chi connectivity index (χ0) is 14.6. The molecule has 1 aliphatic heterocycles. The third kappa shape index (κ3) is 1.91. The number of rotatable bonds is 1. The number of benzene rings is 1. The Morgan fingerprint density at radius 2 is 2.10 bits per heavy atom. The molecule has 0 radical (unpaired) electrons. The molecule has 110 valence electrons. The number of aliphatic hydroxyl groups excluding tert-OH is 1.